The van der Waals surface area contributed by atoms with E-state index < -0.39 is 55.2 Å². The lowest BCUT2D eigenvalue weighted by atomic mass is 9.98. The minimum atomic E-state index is -1.64. The average Bonchev–Trinajstić information content (AvgIpc) is 2.35. The highest BCUT2D eigenvalue weighted by atomic mass is 16.7. The molecule has 1 saturated heterocycles. The van der Waals surface area contributed by atoms with Gasteiger partial charge in [-0.05, 0) is 0 Å². The zero-order valence-corrected chi connectivity index (χ0v) is 11.8. The molecule has 0 aromatic carbocycles. The molecule has 0 aliphatic carbocycles. The minimum Gasteiger partial charge on any atom is -0.456 e. The van der Waals surface area contributed by atoms with Crippen molar-refractivity contribution in [1.29, 1.82) is 0 Å². The zero-order chi connectivity index (χ0) is 16.2. The SMILES string of the molecule is CC(=O)O[C@@H]1[C@@H](OC(C)=O)[C@@H](OC(C)=O)C(O)O[C@H]1CO. The molecule has 0 spiro atoms. The highest BCUT2D eigenvalue weighted by molar-refractivity contribution is 5.68. The molecule has 1 fully saturated rings. The zero-order valence-electron chi connectivity index (χ0n) is 11.8. The van der Waals surface area contributed by atoms with Crippen molar-refractivity contribution in [3.8, 4) is 0 Å². The monoisotopic (exact) mass is 306 g/mol. The van der Waals surface area contributed by atoms with Gasteiger partial charge in [-0.25, -0.2) is 0 Å². The number of esters is 3. The summed E-state index contributed by atoms with van der Waals surface area (Å²) in [5.74, 6) is -2.19. The van der Waals surface area contributed by atoms with Crippen LogP contribution in [0.5, 0.6) is 0 Å². The van der Waals surface area contributed by atoms with Gasteiger partial charge in [0.25, 0.3) is 0 Å². The summed E-state index contributed by atoms with van der Waals surface area (Å²) in [6, 6.07) is 0. The molecule has 1 rings (SSSR count). The van der Waals surface area contributed by atoms with Crippen LogP contribution in [0.25, 0.3) is 0 Å². The second-order valence-electron chi connectivity index (χ2n) is 4.47. The summed E-state index contributed by atoms with van der Waals surface area (Å²) < 4.78 is 19.8. The minimum absolute atomic E-state index is 0.598. The molecule has 9 heteroatoms. The number of rotatable bonds is 4. The molecule has 1 aliphatic rings. The van der Waals surface area contributed by atoms with Crippen molar-refractivity contribution in [2.24, 2.45) is 0 Å². The topological polar surface area (TPSA) is 129 Å². The fourth-order valence-corrected chi connectivity index (χ4v) is 2.02. The fraction of sp³-hybridized carbons (Fsp3) is 0.750. The van der Waals surface area contributed by atoms with E-state index in [2.05, 4.69) is 0 Å². The third-order valence-corrected chi connectivity index (χ3v) is 2.70. The van der Waals surface area contributed by atoms with Crippen molar-refractivity contribution in [3.63, 3.8) is 0 Å². The summed E-state index contributed by atoms with van der Waals surface area (Å²) >= 11 is 0. The Kier molecular flexibility index (Phi) is 6.06. The van der Waals surface area contributed by atoms with Gasteiger partial charge in [-0.3, -0.25) is 14.4 Å². The molecule has 0 bridgehead atoms. The summed E-state index contributed by atoms with van der Waals surface area (Å²) in [5, 5.41) is 19.0. The summed E-state index contributed by atoms with van der Waals surface area (Å²) in [4.78, 5) is 33.4. The molecular formula is C12H18O9. The average molecular weight is 306 g/mol. The van der Waals surface area contributed by atoms with E-state index in [1.54, 1.807) is 0 Å². The standard InChI is InChI=1S/C12H18O9/c1-5(14)18-9-8(4-13)21-12(17)11(20-7(3)16)10(9)19-6(2)15/h8-13,17H,4H2,1-3H3/t8-,9-,10+,11+,12?/m0/s1. The molecule has 2 N–H and O–H groups in total. The van der Waals surface area contributed by atoms with Gasteiger partial charge in [0.05, 0.1) is 6.61 Å². The van der Waals surface area contributed by atoms with Gasteiger partial charge in [-0.2, -0.15) is 0 Å². The van der Waals surface area contributed by atoms with Crippen molar-refractivity contribution in [3.05, 3.63) is 0 Å². The highest BCUT2D eigenvalue weighted by Gasteiger charge is 2.51. The van der Waals surface area contributed by atoms with Crippen LogP contribution < -0.4 is 0 Å². The molecule has 1 heterocycles. The Balaban J connectivity index is 3.08. The van der Waals surface area contributed by atoms with Crippen LogP contribution in [0.2, 0.25) is 0 Å². The van der Waals surface area contributed by atoms with Crippen molar-refractivity contribution < 1.29 is 43.5 Å². The number of ether oxygens (including phenoxy) is 4. The Morgan fingerprint density at radius 3 is 1.76 bits per heavy atom. The molecule has 0 radical (unpaired) electrons. The number of hydrogen-bond donors (Lipinski definition) is 2. The number of hydrogen-bond acceptors (Lipinski definition) is 9. The second kappa shape index (κ2) is 7.34. The van der Waals surface area contributed by atoms with Crippen LogP contribution in [0.3, 0.4) is 0 Å². The van der Waals surface area contributed by atoms with E-state index in [-0.39, 0.29) is 0 Å². The van der Waals surface area contributed by atoms with E-state index in [4.69, 9.17) is 18.9 Å². The van der Waals surface area contributed by atoms with Crippen LogP contribution in [0.1, 0.15) is 20.8 Å². The van der Waals surface area contributed by atoms with Crippen molar-refractivity contribution in [1.82, 2.24) is 0 Å². The molecule has 9 nitrogen and oxygen atoms in total. The summed E-state index contributed by atoms with van der Waals surface area (Å²) in [7, 11) is 0. The third-order valence-electron chi connectivity index (χ3n) is 2.70. The maximum Gasteiger partial charge on any atom is 0.303 e. The Hall–Kier alpha value is -1.71. The summed E-state index contributed by atoms with van der Waals surface area (Å²) in [5.41, 5.74) is 0. The maximum absolute atomic E-state index is 11.2. The van der Waals surface area contributed by atoms with E-state index >= 15 is 0 Å². The molecule has 0 amide bonds. The predicted octanol–water partition coefficient (Wildman–Crippen LogP) is -1.51. The lowest BCUT2D eigenvalue weighted by molar-refractivity contribution is -0.295. The lowest BCUT2D eigenvalue weighted by Gasteiger charge is -2.42. The third kappa shape index (κ3) is 4.66. The first-order chi connectivity index (χ1) is 9.76. The van der Waals surface area contributed by atoms with E-state index in [1.165, 1.54) is 0 Å². The summed E-state index contributed by atoms with van der Waals surface area (Å²) in [6.45, 7) is 2.71. The van der Waals surface area contributed by atoms with Gasteiger partial charge in [0.1, 0.15) is 6.10 Å². The Labute approximate surface area is 120 Å². The first-order valence-corrected chi connectivity index (χ1v) is 6.22. The van der Waals surface area contributed by atoms with Gasteiger partial charge in [0, 0.05) is 20.8 Å². The predicted molar refractivity (Wildman–Crippen MR) is 64.6 cm³/mol. The second-order valence-corrected chi connectivity index (χ2v) is 4.47. The maximum atomic E-state index is 11.2. The molecule has 1 aliphatic heterocycles. The van der Waals surface area contributed by atoms with Crippen LogP contribution in [0, 0.1) is 0 Å². The van der Waals surface area contributed by atoms with Gasteiger partial charge in [-0.15, -0.1) is 0 Å². The fourth-order valence-electron chi connectivity index (χ4n) is 2.02. The number of carbonyl (C=O) groups excluding carboxylic acids is 3. The molecule has 21 heavy (non-hydrogen) atoms. The van der Waals surface area contributed by atoms with Crippen LogP contribution in [-0.4, -0.2) is 65.4 Å². The molecular weight excluding hydrogens is 288 g/mol. The van der Waals surface area contributed by atoms with Crippen LogP contribution in [-0.2, 0) is 33.3 Å². The first kappa shape index (κ1) is 17.3. The van der Waals surface area contributed by atoms with E-state index in [1.807, 2.05) is 0 Å². The summed E-state index contributed by atoms with van der Waals surface area (Å²) in [6.07, 6.45) is -6.65. The van der Waals surface area contributed by atoms with Crippen molar-refractivity contribution in [2.45, 2.75) is 51.5 Å². The van der Waals surface area contributed by atoms with Crippen molar-refractivity contribution >= 4 is 17.9 Å². The van der Waals surface area contributed by atoms with Gasteiger partial charge < -0.3 is 29.2 Å². The Morgan fingerprint density at radius 1 is 0.905 bits per heavy atom. The molecule has 0 saturated carbocycles. The van der Waals surface area contributed by atoms with Crippen LogP contribution >= 0.6 is 0 Å². The van der Waals surface area contributed by atoms with Gasteiger partial charge in [0.2, 0.25) is 0 Å². The van der Waals surface area contributed by atoms with E-state index in [0.29, 0.717) is 0 Å². The molecule has 120 valence electrons. The smallest absolute Gasteiger partial charge is 0.303 e. The quantitative estimate of drug-likeness (QED) is 0.470. The Morgan fingerprint density at radius 2 is 1.33 bits per heavy atom. The van der Waals surface area contributed by atoms with Gasteiger partial charge in [-0.1, -0.05) is 0 Å². The molecule has 0 aromatic heterocycles. The van der Waals surface area contributed by atoms with Gasteiger partial charge in [0.15, 0.2) is 24.6 Å². The largest absolute Gasteiger partial charge is 0.456 e. The first-order valence-electron chi connectivity index (χ1n) is 6.22. The van der Waals surface area contributed by atoms with Crippen LogP contribution in [0.4, 0.5) is 0 Å². The Bertz CT molecular complexity index is 408. The van der Waals surface area contributed by atoms with E-state index in [9.17, 15) is 24.6 Å². The number of aliphatic hydroxyl groups excluding tert-OH is 2. The van der Waals surface area contributed by atoms with Crippen LogP contribution in [0.15, 0.2) is 0 Å². The molecule has 5 atom stereocenters. The van der Waals surface area contributed by atoms with E-state index in [0.717, 1.165) is 20.8 Å². The number of carbonyl (C=O) groups is 3. The molecule has 1 unspecified atom stereocenters. The van der Waals surface area contributed by atoms with Crippen molar-refractivity contribution in [2.75, 3.05) is 6.61 Å². The normalized spacial score (nSPS) is 32.1. The number of aliphatic hydroxyl groups is 2. The molecule has 0 aromatic rings. The highest BCUT2D eigenvalue weighted by Crippen LogP contribution is 2.27. The lowest BCUT2D eigenvalue weighted by Crippen LogP contribution is -2.62. The van der Waals surface area contributed by atoms with Gasteiger partial charge >= 0.3 is 17.9 Å².